The molecule has 0 unspecified atom stereocenters. The van der Waals surface area contributed by atoms with Gasteiger partial charge in [0, 0.05) is 12.1 Å². The number of aromatic amines is 1. The number of ether oxygens (including phenoxy) is 1. The maximum absolute atomic E-state index is 12.5. The van der Waals surface area contributed by atoms with Gasteiger partial charge in [0.05, 0.1) is 0 Å². The second kappa shape index (κ2) is 8.44. The van der Waals surface area contributed by atoms with Crippen molar-refractivity contribution in [3.63, 3.8) is 0 Å². The Labute approximate surface area is 168 Å². The summed E-state index contributed by atoms with van der Waals surface area (Å²) >= 11 is 0. The lowest BCUT2D eigenvalue weighted by Gasteiger charge is -2.08. The van der Waals surface area contributed by atoms with Gasteiger partial charge in [0.1, 0.15) is 17.9 Å². The molecule has 0 bridgehead atoms. The highest BCUT2D eigenvalue weighted by Crippen LogP contribution is 2.13. The molecule has 3 aromatic carbocycles. The Morgan fingerprint density at radius 3 is 2.34 bits per heavy atom. The van der Waals surface area contributed by atoms with Crippen LogP contribution in [0.5, 0.6) is 5.75 Å². The Balaban J connectivity index is 1.37. The van der Waals surface area contributed by atoms with Crippen molar-refractivity contribution in [2.45, 2.75) is 13.2 Å². The van der Waals surface area contributed by atoms with Crippen molar-refractivity contribution in [1.82, 2.24) is 10.3 Å². The summed E-state index contributed by atoms with van der Waals surface area (Å²) in [7, 11) is 0. The van der Waals surface area contributed by atoms with Crippen LogP contribution in [0.4, 0.5) is 0 Å². The summed E-state index contributed by atoms with van der Waals surface area (Å²) in [5.41, 5.74) is 2.41. The second-order valence-electron chi connectivity index (χ2n) is 6.70. The average molecular weight is 384 g/mol. The van der Waals surface area contributed by atoms with E-state index < -0.39 is 11.5 Å². The molecule has 1 amide bonds. The predicted molar refractivity (Wildman–Crippen MR) is 113 cm³/mol. The van der Waals surface area contributed by atoms with Crippen molar-refractivity contribution in [1.29, 1.82) is 0 Å². The van der Waals surface area contributed by atoms with Crippen LogP contribution in [0.15, 0.2) is 89.7 Å². The number of hydrogen-bond donors (Lipinski definition) is 2. The van der Waals surface area contributed by atoms with Gasteiger partial charge in [0.2, 0.25) is 0 Å². The highest BCUT2D eigenvalue weighted by molar-refractivity contribution is 5.97. The van der Waals surface area contributed by atoms with Gasteiger partial charge in [-0.25, -0.2) is 0 Å². The zero-order valence-corrected chi connectivity index (χ0v) is 15.7. The van der Waals surface area contributed by atoms with E-state index in [4.69, 9.17) is 4.74 Å². The fourth-order valence-corrected chi connectivity index (χ4v) is 3.03. The molecule has 0 atom stereocenters. The highest BCUT2D eigenvalue weighted by Gasteiger charge is 2.11. The number of benzene rings is 3. The third-order valence-electron chi connectivity index (χ3n) is 4.62. The van der Waals surface area contributed by atoms with Crippen LogP contribution in [0.3, 0.4) is 0 Å². The summed E-state index contributed by atoms with van der Waals surface area (Å²) in [6.45, 7) is 0.814. The summed E-state index contributed by atoms with van der Waals surface area (Å²) in [6.07, 6.45) is 0. The number of carbonyl (C=O) groups excluding carboxylic acids is 1. The Hall–Kier alpha value is -3.86. The molecular formula is C24H20N2O3. The molecule has 4 aromatic rings. The highest BCUT2D eigenvalue weighted by atomic mass is 16.5. The molecule has 5 heteroatoms. The van der Waals surface area contributed by atoms with Crippen molar-refractivity contribution in [2.75, 3.05) is 0 Å². The standard InChI is InChI=1S/C24H20N2O3/c27-23(21-14-19-6-4-5-9-22(19)26-24(21)28)25-15-17-10-12-18(13-11-17)16-29-20-7-2-1-3-8-20/h1-14H,15-16H2,(H,25,27)(H,26,28). The fourth-order valence-electron chi connectivity index (χ4n) is 3.03. The minimum atomic E-state index is -0.395. The Morgan fingerprint density at radius 2 is 1.55 bits per heavy atom. The molecule has 144 valence electrons. The normalized spacial score (nSPS) is 10.6. The third-order valence-corrected chi connectivity index (χ3v) is 4.62. The topological polar surface area (TPSA) is 71.2 Å². The molecule has 0 aliphatic rings. The molecule has 0 saturated carbocycles. The predicted octanol–water partition coefficient (Wildman–Crippen LogP) is 4.04. The Bertz CT molecular complexity index is 1180. The van der Waals surface area contributed by atoms with E-state index in [0.717, 1.165) is 22.3 Å². The molecule has 0 fully saturated rings. The van der Waals surface area contributed by atoms with E-state index >= 15 is 0 Å². The molecule has 5 nitrogen and oxygen atoms in total. The van der Waals surface area contributed by atoms with Crippen LogP contribution in [0.25, 0.3) is 10.9 Å². The van der Waals surface area contributed by atoms with Crippen molar-refractivity contribution in [2.24, 2.45) is 0 Å². The SMILES string of the molecule is O=C(NCc1ccc(COc2ccccc2)cc1)c1cc2ccccc2[nH]c1=O. The van der Waals surface area contributed by atoms with E-state index in [1.807, 2.05) is 78.9 Å². The monoisotopic (exact) mass is 384 g/mol. The van der Waals surface area contributed by atoms with Gasteiger partial charge in [-0.2, -0.15) is 0 Å². The van der Waals surface area contributed by atoms with Gasteiger partial charge < -0.3 is 15.0 Å². The van der Waals surface area contributed by atoms with Crippen LogP contribution in [-0.4, -0.2) is 10.9 Å². The van der Waals surface area contributed by atoms with Gasteiger partial charge in [-0.3, -0.25) is 9.59 Å². The van der Waals surface area contributed by atoms with Crippen LogP contribution in [-0.2, 0) is 13.2 Å². The van der Waals surface area contributed by atoms with E-state index in [9.17, 15) is 9.59 Å². The van der Waals surface area contributed by atoms with Crippen molar-refractivity contribution in [3.05, 3.63) is 112 Å². The average Bonchev–Trinajstić information content (AvgIpc) is 2.77. The number of rotatable bonds is 6. The molecule has 29 heavy (non-hydrogen) atoms. The first-order chi connectivity index (χ1) is 14.2. The van der Waals surface area contributed by atoms with E-state index in [1.54, 1.807) is 6.07 Å². The van der Waals surface area contributed by atoms with Crippen molar-refractivity contribution in [3.8, 4) is 5.75 Å². The summed E-state index contributed by atoms with van der Waals surface area (Å²) in [5.74, 6) is 0.429. The Kier molecular flexibility index (Phi) is 5.38. The van der Waals surface area contributed by atoms with Crippen LogP contribution in [0.2, 0.25) is 0 Å². The molecule has 0 radical (unpaired) electrons. The minimum absolute atomic E-state index is 0.108. The summed E-state index contributed by atoms with van der Waals surface area (Å²) in [6, 6.07) is 26.4. The lowest BCUT2D eigenvalue weighted by Crippen LogP contribution is -2.29. The van der Waals surface area contributed by atoms with Gasteiger partial charge in [-0.05, 0) is 40.8 Å². The van der Waals surface area contributed by atoms with E-state index in [1.165, 1.54) is 0 Å². The van der Waals surface area contributed by atoms with Crippen LogP contribution in [0.1, 0.15) is 21.5 Å². The quantitative estimate of drug-likeness (QED) is 0.527. The van der Waals surface area contributed by atoms with E-state index in [-0.39, 0.29) is 5.56 Å². The van der Waals surface area contributed by atoms with Crippen molar-refractivity contribution < 1.29 is 9.53 Å². The summed E-state index contributed by atoms with van der Waals surface area (Å²) < 4.78 is 5.73. The summed E-state index contributed by atoms with van der Waals surface area (Å²) in [4.78, 5) is 27.4. The second-order valence-corrected chi connectivity index (χ2v) is 6.70. The largest absolute Gasteiger partial charge is 0.489 e. The summed E-state index contributed by atoms with van der Waals surface area (Å²) in [5, 5.41) is 3.63. The number of nitrogens with one attached hydrogen (secondary N) is 2. The maximum atomic E-state index is 12.5. The lowest BCUT2D eigenvalue weighted by atomic mass is 10.1. The number of carbonyl (C=O) groups is 1. The molecule has 0 aliphatic carbocycles. The van der Waals surface area contributed by atoms with Crippen LogP contribution in [0, 0.1) is 0 Å². The number of fused-ring (bicyclic) bond motifs is 1. The maximum Gasteiger partial charge on any atom is 0.261 e. The molecule has 4 rings (SSSR count). The van der Waals surface area contributed by atoms with Gasteiger partial charge in [0.15, 0.2) is 0 Å². The molecule has 2 N–H and O–H groups in total. The minimum Gasteiger partial charge on any atom is -0.489 e. The Morgan fingerprint density at radius 1 is 0.862 bits per heavy atom. The van der Waals surface area contributed by atoms with Gasteiger partial charge in [-0.1, -0.05) is 60.7 Å². The number of amides is 1. The number of H-pyrrole nitrogens is 1. The molecule has 1 aromatic heterocycles. The first-order valence-corrected chi connectivity index (χ1v) is 9.35. The fraction of sp³-hybridized carbons (Fsp3) is 0.0833. The number of para-hydroxylation sites is 2. The number of pyridine rings is 1. The van der Waals surface area contributed by atoms with E-state index in [0.29, 0.717) is 18.7 Å². The lowest BCUT2D eigenvalue weighted by molar-refractivity contribution is 0.0949. The number of hydrogen-bond acceptors (Lipinski definition) is 3. The zero-order chi connectivity index (χ0) is 20.1. The third kappa shape index (κ3) is 4.52. The molecular weight excluding hydrogens is 364 g/mol. The molecule has 1 heterocycles. The van der Waals surface area contributed by atoms with Gasteiger partial charge >= 0.3 is 0 Å². The van der Waals surface area contributed by atoms with Crippen LogP contribution < -0.4 is 15.6 Å². The first-order valence-electron chi connectivity index (χ1n) is 9.35. The molecule has 0 saturated heterocycles. The first kappa shape index (κ1) is 18.5. The zero-order valence-electron chi connectivity index (χ0n) is 15.7. The number of aromatic nitrogens is 1. The van der Waals surface area contributed by atoms with Gasteiger partial charge in [-0.15, -0.1) is 0 Å². The van der Waals surface area contributed by atoms with Crippen LogP contribution >= 0.6 is 0 Å². The molecule has 0 aliphatic heterocycles. The smallest absolute Gasteiger partial charge is 0.261 e. The van der Waals surface area contributed by atoms with Crippen molar-refractivity contribution >= 4 is 16.8 Å². The molecule has 0 spiro atoms. The van der Waals surface area contributed by atoms with Gasteiger partial charge in [0.25, 0.3) is 11.5 Å². The van der Waals surface area contributed by atoms with E-state index in [2.05, 4.69) is 10.3 Å².